The molecule has 2 aromatic carbocycles. The van der Waals surface area contributed by atoms with Crippen molar-refractivity contribution in [3.63, 3.8) is 0 Å². The average molecular weight is 244 g/mol. The molecule has 0 aliphatic carbocycles. The van der Waals surface area contributed by atoms with Crippen molar-refractivity contribution in [1.29, 1.82) is 0 Å². The minimum Gasteiger partial charge on any atom is -0.399 e. The SMILES string of the molecule is CCSc1cc(N)ccc1-c1ccc(N)cc1. The Bertz CT molecular complexity index is 506. The van der Waals surface area contributed by atoms with Gasteiger partial charge in [0.25, 0.3) is 0 Å². The van der Waals surface area contributed by atoms with Gasteiger partial charge in [0, 0.05) is 16.3 Å². The molecule has 2 aromatic rings. The van der Waals surface area contributed by atoms with E-state index in [1.807, 2.05) is 36.4 Å². The summed E-state index contributed by atoms with van der Waals surface area (Å²) in [5, 5.41) is 0. The molecule has 0 bridgehead atoms. The summed E-state index contributed by atoms with van der Waals surface area (Å²) in [4.78, 5) is 1.22. The van der Waals surface area contributed by atoms with Gasteiger partial charge in [-0.05, 0) is 41.1 Å². The molecule has 0 spiro atoms. The molecule has 0 aliphatic rings. The van der Waals surface area contributed by atoms with Crippen molar-refractivity contribution in [2.75, 3.05) is 17.2 Å². The summed E-state index contributed by atoms with van der Waals surface area (Å²) >= 11 is 1.80. The quantitative estimate of drug-likeness (QED) is 0.640. The molecule has 0 saturated heterocycles. The van der Waals surface area contributed by atoms with Crippen LogP contribution in [0.25, 0.3) is 11.1 Å². The Labute approximate surface area is 106 Å². The summed E-state index contributed by atoms with van der Waals surface area (Å²) in [6.07, 6.45) is 0. The van der Waals surface area contributed by atoms with Crippen LogP contribution in [-0.4, -0.2) is 5.75 Å². The van der Waals surface area contributed by atoms with E-state index < -0.39 is 0 Å². The van der Waals surface area contributed by atoms with E-state index in [0.29, 0.717) is 0 Å². The molecule has 0 fully saturated rings. The molecule has 0 unspecified atom stereocenters. The van der Waals surface area contributed by atoms with Gasteiger partial charge in [-0.15, -0.1) is 11.8 Å². The highest BCUT2D eigenvalue weighted by Crippen LogP contribution is 2.33. The normalized spacial score (nSPS) is 10.4. The molecule has 0 saturated carbocycles. The molecule has 0 amide bonds. The monoisotopic (exact) mass is 244 g/mol. The fourth-order valence-corrected chi connectivity index (χ4v) is 2.59. The molecule has 17 heavy (non-hydrogen) atoms. The van der Waals surface area contributed by atoms with Gasteiger partial charge in [-0.1, -0.05) is 25.1 Å². The van der Waals surface area contributed by atoms with Crippen molar-refractivity contribution in [1.82, 2.24) is 0 Å². The highest BCUT2D eigenvalue weighted by Gasteiger charge is 2.05. The summed E-state index contributed by atoms with van der Waals surface area (Å²) in [7, 11) is 0. The third-order valence-electron chi connectivity index (χ3n) is 2.53. The molecule has 0 radical (unpaired) electrons. The number of nitrogens with two attached hydrogens (primary N) is 2. The molecule has 88 valence electrons. The molecule has 4 N–H and O–H groups in total. The predicted molar refractivity (Wildman–Crippen MR) is 77.1 cm³/mol. The summed E-state index contributed by atoms with van der Waals surface area (Å²) in [5.41, 5.74) is 15.5. The second kappa shape index (κ2) is 5.15. The van der Waals surface area contributed by atoms with Gasteiger partial charge < -0.3 is 11.5 Å². The Morgan fingerprint density at radius 2 is 1.59 bits per heavy atom. The van der Waals surface area contributed by atoms with Gasteiger partial charge in [0.15, 0.2) is 0 Å². The summed E-state index contributed by atoms with van der Waals surface area (Å²) in [5.74, 6) is 1.03. The van der Waals surface area contributed by atoms with Crippen LogP contribution in [0, 0.1) is 0 Å². The van der Waals surface area contributed by atoms with E-state index >= 15 is 0 Å². The Hall–Kier alpha value is -1.61. The van der Waals surface area contributed by atoms with Crippen molar-refractivity contribution >= 4 is 23.1 Å². The van der Waals surface area contributed by atoms with Crippen LogP contribution in [0.2, 0.25) is 0 Å². The minimum absolute atomic E-state index is 0.786. The zero-order chi connectivity index (χ0) is 12.3. The first-order chi connectivity index (χ1) is 8.20. The van der Waals surface area contributed by atoms with E-state index in [4.69, 9.17) is 11.5 Å². The highest BCUT2D eigenvalue weighted by atomic mass is 32.2. The maximum atomic E-state index is 5.83. The van der Waals surface area contributed by atoms with E-state index in [9.17, 15) is 0 Å². The zero-order valence-electron chi connectivity index (χ0n) is 9.81. The van der Waals surface area contributed by atoms with Crippen LogP contribution in [0.1, 0.15) is 6.92 Å². The largest absolute Gasteiger partial charge is 0.399 e. The van der Waals surface area contributed by atoms with Crippen molar-refractivity contribution < 1.29 is 0 Å². The molecule has 2 rings (SSSR count). The first-order valence-corrected chi connectivity index (χ1v) is 6.57. The van der Waals surface area contributed by atoms with E-state index in [1.165, 1.54) is 16.0 Å². The molecule has 0 heterocycles. The number of hydrogen-bond donors (Lipinski definition) is 2. The van der Waals surface area contributed by atoms with Crippen LogP contribution in [0.5, 0.6) is 0 Å². The van der Waals surface area contributed by atoms with Gasteiger partial charge in [0.05, 0.1) is 0 Å². The molecule has 2 nitrogen and oxygen atoms in total. The second-order valence-electron chi connectivity index (χ2n) is 3.81. The number of benzene rings is 2. The van der Waals surface area contributed by atoms with Crippen molar-refractivity contribution in [2.45, 2.75) is 11.8 Å². The smallest absolute Gasteiger partial charge is 0.0325 e. The van der Waals surface area contributed by atoms with Crippen LogP contribution < -0.4 is 11.5 Å². The third kappa shape index (κ3) is 2.74. The molecular formula is C14H16N2S. The van der Waals surface area contributed by atoms with Gasteiger partial charge in [-0.3, -0.25) is 0 Å². The van der Waals surface area contributed by atoms with Crippen LogP contribution in [0.3, 0.4) is 0 Å². The van der Waals surface area contributed by atoms with Crippen LogP contribution in [-0.2, 0) is 0 Å². The zero-order valence-corrected chi connectivity index (χ0v) is 10.6. The Morgan fingerprint density at radius 1 is 0.941 bits per heavy atom. The van der Waals surface area contributed by atoms with Crippen molar-refractivity contribution in [3.8, 4) is 11.1 Å². The van der Waals surface area contributed by atoms with E-state index in [2.05, 4.69) is 13.0 Å². The molecule has 3 heteroatoms. The number of thioether (sulfide) groups is 1. The lowest BCUT2D eigenvalue weighted by atomic mass is 10.1. The van der Waals surface area contributed by atoms with E-state index in [-0.39, 0.29) is 0 Å². The van der Waals surface area contributed by atoms with Crippen molar-refractivity contribution in [2.24, 2.45) is 0 Å². The van der Waals surface area contributed by atoms with Gasteiger partial charge in [0.2, 0.25) is 0 Å². The highest BCUT2D eigenvalue weighted by molar-refractivity contribution is 7.99. The summed E-state index contributed by atoms with van der Waals surface area (Å²) < 4.78 is 0. The standard InChI is InChI=1S/C14H16N2S/c1-2-17-14-9-12(16)7-8-13(14)10-3-5-11(15)6-4-10/h3-9H,2,15-16H2,1H3. The first kappa shape index (κ1) is 11.9. The van der Waals surface area contributed by atoms with Crippen molar-refractivity contribution in [3.05, 3.63) is 42.5 Å². The third-order valence-corrected chi connectivity index (χ3v) is 3.46. The second-order valence-corrected chi connectivity index (χ2v) is 5.12. The van der Waals surface area contributed by atoms with Gasteiger partial charge >= 0.3 is 0 Å². The summed E-state index contributed by atoms with van der Waals surface area (Å²) in [6.45, 7) is 2.14. The number of nitrogen functional groups attached to an aromatic ring is 2. The molecule has 0 aliphatic heterocycles. The number of anilines is 2. The van der Waals surface area contributed by atoms with Gasteiger partial charge in [0.1, 0.15) is 0 Å². The Balaban J connectivity index is 2.46. The average Bonchev–Trinajstić information content (AvgIpc) is 2.31. The maximum Gasteiger partial charge on any atom is 0.0325 e. The topological polar surface area (TPSA) is 52.0 Å². The van der Waals surface area contributed by atoms with Crippen LogP contribution >= 0.6 is 11.8 Å². The number of rotatable bonds is 3. The van der Waals surface area contributed by atoms with Gasteiger partial charge in [-0.2, -0.15) is 0 Å². The number of hydrogen-bond acceptors (Lipinski definition) is 3. The van der Waals surface area contributed by atoms with E-state index in [0.717, 1.165) is 17.1 Å². The Morgan fingerprint density at radius 3 is 2.24 bits per heavy atom. The lowest BCUT2D eigenvalue weighted by Gasteiger charge is -2.10. The predicted octanol–water partition coefficient (Wildman–Crippen LogP) is 3.63. The lowest BCUT2D eigenvalue weighted by Crippen LogP contribution is -1.89. The summed E-state index contributed by atoms with van der Waals surface area (Å²) in [6, 6.07) is 14.0. The lowest BCUT2D eigenvalue weighted by molar-refractivity contribution is 1.42. The van der Waals surface area contributed by atoms with Crippen LogP contribution in [0.4, 0.5) is 11.4 Å². The minimum atomic E-state index is 0.786. The first-order valence-electron chi connectivity index (χ1n) is 5.59. The molecular weight excluding hydrogens is 228 g/mol. The fraction of sp³-hybridized carbons (Fsp3) is 0.143. The molecule has 0 atom stereocenters. The molecule has 0 aromatic heterocycles. The maximum absolute atomic E-state index is 5.83. The Kier molecular flexibility index (Phi) is 3.59. The van der Waals surface area contributed by atoms with Crippen LogP contribution in [0.15, 0.2) is 47.4 Å². The van der Waals surface area contributed by atoms with Gasteiger partial charge in [-0.25, -0.2) is 0 Å². The van der Waals surface area contributed by atoms with E-state index in [1.54, 1.807) is 11.8 Å². The fourth-order valence-electron chi connectivity index (χ4n) is 1.72.